The Morgan fingerprint density at radius 3 is 2.41 bits per heavy atom. The van der Waals surface area contributed by atoms with Crippen molar-refractivity contribution >= 4 is 6.08 Å². The van der Waals surface area contributed by atoms with E-state index in [1.165, 1.54) is 14.2 Å². The molecule has 0 radical (unpaired) electrons. The molecule has 0 aliphatic heterocycles. The average molecular weight is 250 g/mol. The largest absolute Gasteiger partial charge is 0.504 e. The van der Waals surface area contributed by atoms with Crippen molar-refractivity contribution in [3.63, 3.8) is 0 Å². The van der Waals surface area contributed by atoms with Crippen molar-refractivity contribution in [2.75, 3.05) is 14.2 Å². The average Bonchev–Trinajstić information content (AvgIpc) is 2.27. The second-order valence-corrected chi connectivity index (χ2v) is 2.85. The Hall–Kier alpha value is -1.99. The quantitative estimate of drug-likeness (QED) is 0.830. The molecule has 5 nitrogen and oxygen atoms in total. The minimum Gasteiger partial charge on any atom is -0.504 e. The molecular formula is C9H9F3N2O3. The van der Waals surface area contributed by atoms with Gasteiger partial charge in [0, 0.05) is 12.1 Å². The topological polar surface area (TPSA) is 64.5 Å². The van der Waals surface area contributed by atoms with Gasteiger partial charge in [0.05, 0.1) is 19.9 Å². The van der Waals surface area contributed by atoms with E-state index in [0.717, 1.165) is 6.07 Å². The van der Waals surface area contributed by atoms with E-state index >= 15 is 0 Å². The molecule has 0 saturated carbocycles. The van der Waals surface area contributed by atoms with Crippen LogP contribution in [0.15, 0.2) is 11.8 Å². The number of alkyl halides is 3. The van der Waals surface area contributed by atoms with Crippen LogP contribution in [0.25, 0.3) is 6.08 Å². The summed E-state index contributed by atoms with van der Waals surface area (Å²) in [7, 11) is 2.55. The Balaban J connectivity index is 3.14. The Morgan fingerprint density at radius 1 is 1.29 bits per heavy atom. The molecule has 0 amide bonds. The van der Waals surface area contributed by atoms with Crippen LogP contribution in [-0.4, -0.2) is 35.5 Å². The van der Waals surface area contributed by atoms with Crippen molar-refractivity contribution in [1.82, 2.24) is 9.97 Å². The third kappa shape index (κ3) is 3.51. The van der Waals surface area contributed by atoms with Crippen LogP contribution < -0.4 is 9.47 Å². The van der Waals surface area contributed by atoms with Gasteiger partial charge >= 0.3 is 12.2 Å². The van der Waals surface area contributed by atoms with Crippen molar-refractivity contribution in [2.45, 2.75) is 6.18 Å². The van der Waals surface area contributed by atoms with Gasteiger partial charge in [-0.15, -0.1) is 0 Å². The van der Waals surface area contributed by atoms with Crippen LogP contribution >= 0.6 is 0 Å². The van der Waals surface area contributed by atoms with E-state index in [0.29, 0.717) is 6.08 Å². The number of hydrogen-bond donors (Lipinski definition) is 1. The highest BCUT2D eigenvalue weighted by atomic mass is 19.4. The molecule has 1 N–H and O–H groups in total. The molecule has 8 heteroatoms. The number of hydrogen-bond acceptors (Lipinski definition) is 5. The van der Waals surface area contributed by atoms with Crippen LogP contribution in [0.1, 0.15) is 5.69 Å². The second-order valence-electron chi connectivity index (χ2n) is 2.85. The Labute approximate surface area is 94.5 Å². The summed E-state index contributed by atoms with van der Waals surface area (Å²) < 4.78 is 45.6. The minimum atomic E-state index is -4.83. The first-order valence-corrected chi connectivity index (χ1v) is 4.31. The lowest BCUT2D eigenvalue weighted by Gasteiger charge is -2.06. The van der Waals surface area contributed by atoms with Crippen molar-refractivity contribution in [3.05, 3.63) is 17.5 Å². The van der Waals surface area contributed by atoms with E-state index in [2.05, 4.69) is 14.7 Å². The molecular weight excluding hydrogens is 241 g/mol. The van der Waals surface area contributed by atoms with Gasteiger partial charge in [-0.25, -0.2) is 0 Å². The zero-order valence-electron chi connectivity index (χ0n) is 8.95. The molecule has 0 atom stereocenters. The van der Waals surface area contributed by atoms with Crippen molar-refractivity contribution in [3.8, 4) is 11.9 Å². The van der Waals surface area contributed by atoms with Gasteiger partial charge in [0.25, 0.3) is 0 Å². The van der Waals surface area contributed by atoms with E-state index in [-0.39, 0.29) is 17.6 Å². The monoisotopic (exact) mass is 250 g/mol. The first-order chi connectivity index (χ1) is 7.86. The van der Waals surface area contributed by atoms with Gasteiger partial charge in [-0.1, -0.05) is 0 Å². The SMILES string of the molecule is COc1cc(/C=C(/O)C(F)(F)F)nc(OC)n1. The molecule has 17 heavy (non-hydrogen) atoms. The first-order valence-electron chi connectivity index (χ1n) is 4.31. The van der Waals surface area contributed by atoms with Gasteiger partial charge in [0.2, 0.25) is 5.88 Å². The minimum absolute atomic E-state index is 0.0260. The van der Waals surface area contributed by atoms with Gasteiger partial charge < -0.3 is 14.6 Å². The lowest BCUT2D eigenvalue weighted by atomic mass is 10.3. The number of allylic oxidation sites excluding steroid dienone is 1. The lowest BCUT2D eigenvalue weighted by Crippen LogP contribution is -2.11. The Kier molecular flexibility index (Phi) is 3.77. The number of rotatable bonds is 3. The highest BCUT2D eigenvalue weighted by Crippen LogP contribution is 2.25. The molecule has 1 aromatic rings. The Bertz CT molecular complexity index is 410. The number of nitrogens with zero attached hydrogens (tertiary/aromatic N) is 2. The standard InChI is InChI=1S/C9H9F3N2O3/c1-16-7-4-5(13-8(14-7)17-2)3-6(15)9(10,11)12/h3-4,15H,1-2H3/b6-3+. The van der Waals surface area contributed by atoms with Gasteiger partial charge in [-0.3, -0.25) is 0 Å². The summed E-state index contributed by atoms with van der Waals surface area (Å²) in [5.41, 5.74) is -0.177. The van der Waals surface area contributed by atoms with Crippen LogP contribution in [0.5, 0.6) is 11.9 Å². The number of aliphatic hydroxyl groups excluding tert-OH is 1. The van der Waals surface area contributed by atoms with Crippen LogP contribution in [0, 0.1) is 0 Å². The summed E-state index contributed by atoms with van der Waals surface area (Å²) in [5, 5.41) is 8.76. The summed E-state index contributed by atoms with van der Waals surface area (Å²) >= 11 is 0. The lowest BCUT2D eigenvalue weighted by molar-refractivity contribution is -0.119. The fourth-order valence-corrected chi connectivity index (χ4v) is 0.912. The molecule has 0 aliphatic carbocycles. The maximum absolute atomic E-state index is 12.1. The van der Waals surface area contributed by atoms with Crippen LogP contribution in [0.2, 0.25) is 0 Å². The third-order valence-corrected chi connectivity index (χ3v) is 1.67. The molecule has 1 rings (SSSR count). The number of ether oxygens (including phenoxy) is 2. The fourth-order valence-electron chi connectivity index (χ4n) is 0.912. The van der Waals surface area contributed by atoms with Crippen molar-refractivity contribution in [1.29, 1.82) is 0 Å². The third-order valence-electron chi connectivity index (χ3n) is 1.67. The molecule has 0 unspecified atom stereocenters. The summed E-state index contributed by atoms with van der Waals surface area (Å²) in [6.07, 6.45) is -4.38. The highest BCUT2D eigenvalue weighted by Gasteiger charge is 2.33. The van der Waals surface area contributed by atoms with E-state index in [1.807, 2.05) is 0 Å². The van der Waals surface area contributed by atoms with E-state index < -0.39 is 11.9 Å². The molecule has 1 aromatic heterocycles. The summed E-state index contributed by atoms with van der Waals surface area (Å²) in [5.74, 6) is -1.74. The normalized spacial score (nSPS) is 12.4. The van der Waals surface area contributed by atoms with Crippen molar-refractivity contribution < 1.29 is 27.8 Å². The van der Waals surface area contributed by atoms with E-state index in [1.54, 1.807) is 0 Å². The van der Waals surface area contributed by atoms with Crippen LogP contribution in [-0.2, 0) is 0 Å². The maximum atomic E-state index is 12.1. The van der Waals surface area contributed by atoms with Gasteiger partial charge in [-0.05, 0) is 0 Å². The maximum Gasteiger partial charge on any atom is 0.448 e. The zero-order valence-corrected chi connectivity index (χ0v) is 8.95. The van der Waals surface area contributed by atoms with Crippen molar-refractivity contribution in [2.24, 2.45) is 0 Å². The predicted molar refractivity (Wildman–Crippen MR) is 51.8 cm³/mol. The fraction of sp³-hybridized carbons (Fsp3) is 0.333. The molecule has 0 bridgehead atoms. The summed E-state index contributed by atoms with van der Waals surface area (Å²) in [6, 6.07) is 0.968. The molecule has 0 fully saturated rings. The predicted octanol–water partition coefficient (Wildman–Crippen LogP) is 1.95. The van der Waals surface area contributed by atoms with Gasteiger partial charge in [0.1, 0.15) is 0 Å². The number of aliphatic hydroxyl groups is 1. The second kappa shape index (κ2) is 4.89. The number of halogens is 3. The molecule has 0 spiro atoms. The first kappa shape index (κ1) is 13.1. The summed E-state index contributed by atoms with van der Waals surface area (Å²) in [4.78, 5) is 7.30. The molecule has 94 valence electrons. The van der Waals surface area contributed by atoms with Crippen LogP contribution in [0.3, 0.4) is 0 Å². The smallest absolute Gasteiger partial charge is 0.448 e. The molecule has 0 aliphatic rings. The molecule has 1 heterocycles. The van der Waals surface area contributed by atoms with Gasteiger partial charge in [0.15, 0.2) is 5.76 Å². The molecule has 0 saturated heterocycles. The Morgan fingerprint density at radius 2 is 1.94 bits per heavy atom. The molecule has 0 aromatic carbocycles. The zero-order chi connectivity index (χ0) is 13.1. The highest BCUT2D eigenvalue weighted by molar-refractivity contribution is 5.49. The van der Waals surface area contributed by atoms with E-state index in [9.17, 15) is 13.2 Å². The van der Waals surface area contributed by atoms with Crippen LogP contribution in [0.4, 0.5) is 13.2 Å². The van der Waals surface area contributed by atoms with Gasteiger partial charge in [-0.2, -0.15) is 23.1 Å². The van der Waals surface area contributed by atoms with E-state index in [4.69, 9.17) is 9.84 Å². The number of aromatic nitrogens is 2. The number of methoxy groups -OCH3 is 2. The summed E-state index contributed by atoms with van der Waals surface area (Å²) in [6.45, 7) is 0.